The van der Waals surface area contributed by atoms with Crippen LogP contribution in [0.3, 0.4) is 0 Å². The molecule has 1 aliphatic rings. The molecule has 2 heterocycles. The van der Waals surface area contributed by atoms with Gasteiger partial charge in [0.25, 0.3) is 11.7 Å². The van der Waals surface area contributed by atoms with Crippen molar-refractivity contribution in [3.05, 3.63) is 71.9 Å². The predicted molar refractivity (Wildman–Crippen MR) is 112 cm³/mol. The molecule has 0 bridgehead atoms. The van der Waals surface area contributed by atoms with Crippen LogP contribution in [0.2, 0.25) is 0 Å². The maximum atomic E-state index is 13.3. The summed E-state index contributed by atoms with van der Waals surface area (Å²) in [6, 6.07) is 14.7. The van der Waals surface area contributed by atoms with E-state index in [1.807, 2.05) is 22.9 Å². The maximum Gasteiger partial charge on any atom is 0.266 e. The van der Waals surface area contributed by atoms with Crippen LogP contribution < -0.4 is 22.3 Å². The van der Waals surface area contributed by atoms with Gasteiger partial charge in [0.05, 0.1) is 13.0 Å². The second kappa shape index (κ2) is 9.90. The first kappa shape index (κ1) is 22.0. The first-order valence-electron chi connectivity index (χ1n) is 10.4. The van der Waals surface area contributed by atoms with Crippen LogP contribution in [0, 0.1) is 5.82 Å². The molecule has 0 atom stereocenters. The van der Waals surface area contributed by atoms with Gasteiger partial charge < -0.3 is 17.7 Å². The Balaban J connectivity index is 0.00000256. The van der Waals surface area contributed by atoms with E-state index in [1.54, 1.807) is 12.1 Å². The minimum atomic E-state index is -0.241. The number of amides is 1. The van der Waals surface area contributed by atoms with Gasteiger partial charge in [-0.25, -0.2) is 13.5 Å². The molecule has 0 spiro atoms. The minimum absolute atomic E-state index is 0. The summed E-state index contributed by atoms with van der Waals surface area (Å²) < 4.78 is 17.5. The van der Waals surface area contributed by atoms with Crippen LogP contribution in [-0.2, 0) is 30.7 Å². The Bertz CT molecular complexity index is 997. The summed E-state index contributed by atoms with van der Waals surface area (Å²) in [5, 5.41) is 3.00. The topological polar surface area (TPSA) is 37.9 Å². The van der Waals surface area contributed by atoms with E-state index in [9.17, 15) is 9.18 Å². The third-order valence-corrected chi connectivity index (χ3v) is 5.50. The molecule has 1 aromatic heterocycles. The number of imidazole rings is 1. The highest BCUT2D eigenvalue weighted by atomic mass is 35.5. The van der Waals surface area contributed by atoms with Crippen LogP contribution in [0.15, 0.2) is 54.7 Å². The van der Waals surface area contributed by atoms with Crippen molar-refractivity contribution in [2.24, 2.45) is 0 Å². The molecule has 0 radical (unpaired) electrons. The fourth-order valence-electron chi connectivity index (χ4n) is 3.99. The third kappa shape index (κ3) is 4.90. The normalized spacial score (nSPS) is 12.3. The molecule has 4 nitrogen and oxygen atoms in total. The number of unbranched alkanes of at least 4 members (excludes halogenated alkanes) is 1. The van der Waals surface area contributed by atoms with E-state index >= 15 is 0 Å². The van der Waals surface area contributed by atoms with Crippen molar-refractivity contribution in [1.82, 2.24) is 4.57 Å². The second-order valence-corrected chi connectivity index (χ2v) is 7.67. The number of anilines is 1. The molecule has 0 unspecified atom stereocenters. The summed E-state index contributed by atoms with van der Waals surface area (Å²) in [6.45, 7) is 3.39. The van der Waals surface area contributed by atoms with E-state index in [1.165, 1.54) is 30.5 Å². The van der Waals surface area contributed by atoms with Crippen molar-refractivity contribution < 1.29 is 26.2 Å². The number of nitrogens with one attached hydrogen (secondary N) is 1. The van der Waals surface area contributed by atoms with Gasteiger partial charge in [0.2, 0.25) is 0 Å². The Kier molecular flexibility index (Phi) is 7.27. The lowest BCUT2D eigenvalue weighted by Gasteiger charge is -2.06. The number of aryl methyl sites for hydroxylation is 1. The van der Waals surface area contributed by atoms with Crippen LogP contribution in [0.4, 0.5) is 10.1 Å². The number of rotatable bonds is 7. The van der Waals surface area contributed by atoms with E-state index in [-0.39, 0.29) is 30.7 Å². The van der Waals surface area contributed by atoms with Crippen LogP contribution in [0.25, 0.3) is 11.3 Å². The molecule has 0 saturated heterocycles. The van der Waals surface area contributed by atoms with Crippen molar-refractivity contribution in [3.8, 4) is 11.3 Å². The van der Waals surface area contributed by atoms with Gasteiger partial charge in [0.1, 0.15) is 12.0 Å². The van der Waals surface area contributed by atoms with E-state index < -0.39 is 0 Å². The number of halogens is 2. The molecule has 3 aromatic rings. The zero-order valence-electron chi connectivity index (χ0n) is 17.2. The Morgan fingerprint density at radius 3 is 2.57 bits per heavy atom. The molecule has 0 aliphatic carbocycles. The van der Waals surface area contributed by atoms with Gasteiger partial charge in [-0.1, -0.05) is 25.5 Å². The molecule has 0 saturated carbocycles. The average molecular weight is 428 g/mol. The molecule has 1 N–H and O–H groups in total. The molecular formula is C24H27ClFN3O. The molecule has 1 aliphatic heterocycles. The number of carbonyl (C=O) groups excluding carboxylic acids is 1. The van der Waals surface area contributed by atoms with Crippen molar-refractivity contribution in [2.45, 2.75) is 52.1 Å². The van der Waals surface area contributed by atoms with E-state index in [4.69, 9.17) is 0 Å². The summed E-state index contributed by atoms with van der Waals surface area (Å²) >= 11 is 0. The van der Waals surface area contributed by atoms with Gasteiger partial charge in [-0.15, -0.1) is 0 Å². The third-order valence-electron chi connectivity index (χ3n) is 5.50. The SMILES string of the molecule is CCCCc1ccc(NC(=O)C[n+]2cc(-c3ccc(F)cc3)n3c2CCC3)cc1.[Cl-]. The lowest BCUT2D eigenvalue weighted by molar-refractivity contribution is -0.690. The van der Waals surface area contributed by atoms with Crippen LogP contribution in [-0.4, -0.2) is 10.5 Å². The summed E-state index contributed by atoms with van der Waals surface area (Å²) in [7, 11) is 0. The van der Waals surface area contributed by atoms with Crippen LogP contribution in [0.5, 0.6) is 0 Å². The molecule has 158 valence electrons. The Morgan fingerprint density at radius 1 is 1.13 bits per heavy atom. The zero-order chi connectivity index (χ0) is 20.2. The molecule has 2 aromatic carbocycles. The maximum absolute atomic E-state index is 13.3. The highest BCUT2D eigenvalue weighted by Crippen LogP contribution is 2.25. The Hall–Kier alpha value is -2.66. The largest absolute Gasteiger partial charge is 1.00 e. The summed E-state index contributed by atoms with van der Waals surface area (Å²) in [5.41, 5.74) is 4.13. The number of nitrogens with zero attached hydrogens (tertiary/aromatic N) is 2. The number of fused-ring (bicyclic) bond motifs is 1. The number of benzene rings is 2. The molecular weight excluding hydrogens is 401 g/mol. The molecule has 6 heteroatoms. The summed E-state index contributed by atoms with van der Waals surface area (Å²) in [4.78, 5) is 12.6. The number of hydrogen-bond donors (Lipinski definition) is 1. The predicted octanol–water partition coefficient (Wildman–Crippen LogP) is 1.51. The Labute approximate surface area is 183 Å². The summed E-state index contributed by atoms with van der Waals surface area (Å²) in [6.07, 6.45) is 7.45. The van der Waals surface area contributed by atoms with E-state index in [0.717, 1.165) is 48.6 Å². The van der Waals surface area contributed by atoms with Crippen LogP contribution in [0.1, 0.15) is 37.6 Å². The number of hydrogen-bond acceptors (Lipinski definition) is 1. The smallest absolute Gasteiger partial charge is 0.266 e. The molecule has 30 heavy (non-hydrogen) atoms. The van der Waals surface area contributed by atoms with E-state index in [0.29, 0.717) is 0 Å². The quantitative estimate of drug-likeness (QED) is 0.570. The lowest BCUT2D eigenvalue weighted by atomic mass is 10.1. The highest BCUT2D eigenvalue weighted by molar-refractivity contribution is 5.89. The number of carbonyl (C=O) groups is 1. The first-order valence-corrected chi connectivity index (χ1v) is 10.4. The average Bonchev–Trinajstić information content (AvgIpc) is 3.32. The Morgan fingerprint density at radius 2 is 1.87 bits per heavy atom. The van der Waals surface area contributed by atoms with Gasteiger partial charge in [0.15, 0.2) is 12.2 Å². The highest BCUT2D eigenvalue weighted by Gasteiger charge is 2.29. The van der Waals surface area contributed by atoms with Gasteiger partial charge in [0, 0.05) is 11.3 Å². The van der Waals surface area contributed by atoms with Gasteiger partial charge >= 0.3 is 0 Å². The van der Waals surface area contributed by atoms with Crippen molar-refractivity contribution in [3.63, 3.8) is 0 Å². The fourth-order valence-corrected chi connectivity index (χ4v) is 3.99. The molecule has 4 rings (SSSR count). The zero-order valence-corrected chi connectivity index (χ0v) is 18.0. The van der Waals surface area contributed by atoms with Crippen LogP contribution >= 0.6 is 0 Å². The fraction of sp³-hybridized carbons (Fsp3) is 0.333. The summed E-state index contributed by atoms with van der Waals surface area (Å²) in [5.74, 6) is 0.867. The molecule has 1 amide bonds. The van der Waals surface area contributed by atoms with Crippen molar-refractivity contribution >= 4 is 11.6 Å². The first-order chi connectivity index (χ1) is 14.1. The minimum Gasteiger partial charge on any atom is -1.00 e. The monoisotopic (exact) mass is 427 g/mol. The number of aromatic nitrogens is 2. The second-order valence-electron chi connectivity index (χ2n) is 7.67. The van der Waals surface area contributed by atoms with Gasteiger partial charge in [-0.2, -0.15) is 0 Å². The standard InChI is InChI=1S/C24H26FN3O.ClH/c1-2-3-5-18-7-13-21(14-8-18)26-23(29)17-27-16-22(28-15-4-6-24(27)28)19-9-11-20(25)12-10-19;/h7-14,16H,2-6,15,17H2,1H3;1H. The lowest BCUT2D eigenvalue weighted by Crippen LogP contribution is -3.00. The van der Waals surface area contributed by atoms with E-state index in [2.05, 4.69) is 28.9 Å². The van der Waals surface area contributed by atoms with Crippen molar-refractivity contribution in [2.75, 3.05) is 5.32 Å². The molecule has 0 fully saturated rings. The van der Waals surface area contributed by atoms with Crippen molar-refractivity contribution in [1.29, 1.82) is 0 Å². The van der Waals surface area contributed by atoms with Gasteiger partial charge in [-0.3, -0.25) is 4.79 Å². The van der Waals surface area contributed by atoms with Gasteiger partial charge in [-0.05, 0) is 61.2 Å².